The smallest absolute Gasteiger partial charge is 0.236 e. The summed E-state index contributed by atoms with van der Waals surface area (Å²) in [6.45, 7) is 7.32. The first-order valence-corrected chi connectivity index (χ1v) is 12.3. The van der Waals surface area contributed by atoms with Gasteiger partial charge in [0.1, 0.15) is 0 Å². The third-order valence-electron chi connectivity index (χ3n) is 6.35. The number of piperazine rings is 1. The standard InChI is InChI=1S/C24H30ClN3O2S/c1-24(2,17-25)23(30)27-13-11-26(12-14-27)21(29)16-28-10-8-20-19(9-15-31-20)22(28)18-6-4-3-5-7-18/h3-7,9,15,22H,8,10-14,16-17H2,1-2H3. The van der Waals surface area contributed by atoms with E-state index in [0.717, 1.165) is 13.0 Å². The second-order valence-corrected chi connectivity index (χ2v) is 10.3. The maximum absolute atomic E-state index is 13.2. The number of halogens is 1. The molecule has 2 aliphatic heterocycles. The summed E-state index contributed by atoms with van der Waals surface area (Å²) >= 11 is 7.78. The number of hydrogen-bond acceptors (Lipinski definition) is 4. The molecular formula is C24H30ClN3O2S. The first-order valence-electron chi connectivity index (χ1n) is 10.9. The average molecular weight is 460 g/mol. The molecule has 0 saturated carbocycles. The quantitative estimate of drug-likeness (QED) is 0.641. The molecule has 31 heavy (non-hydrogen) atoms. The molecule has 2 aromatic rings. The molecule has 3 heterocycles. The predicted octanol–water partition coefficient (Wildman–Crippen LogP) is 3.63. The normalized spacial score (nSPS) is 19.9. The Balaban J connectivity index is 1.42. The third kappa shape index (κ3) is 4.66. The molecule has 0 spiro atoms. The highest BCUT2D eigenvalue weighted by Crippen LogP contribution is 2.37. The molecule has 1 unspecified atom stereocenters. The van der Waals surface area contributed by atoms with Crippen molar-refractivity contribution in [2.24, 2.45) is 5.41 Å². The number of carbonyl (C=O) groups excluding carboxylic acids is 2. The van der Waals surface area contributed by atoms with Crippen LogP contribution in [0.4, 0.5) is 0 Å². The molecule has 1 fully saturated rings. The van der Waals surface area contributed by atoms with E-state index in [4.69, 9.17) is 11.6 Å². The molecule has 0 bridgehead atoms. The number of benzene rings is 1. The van der Waals surface area contributed by atoms with Gasteiger partial charge in [0.15, 0.2) is 0 Å². The number of carbonyl (C=O) groups is 2. The number of rotatable bonds is 5. The van der Waals surface area contributed by atoms with Gasteiger partial charge in [-0.2, -0.15) is 0 Å². The molecule has 7 heteroatoms. The van der Waals surface area contributed by atoms with E-state index in [1.165, 1.54) is 16.0 Å². The van der Waals surface area contributed by atoms with Gasteiger partial charge in [0.25, 0.3) is 0 Å². The molecule has 0 radical (unpaired) electrons. The van der Waals surface area contributed by atoms with E-state index in [-0.39, 0.29) is 17.9 Å². The molecule has 166 valence electrons. The summed E-state index contributed by atoms with van der Waals surface area (Å²) in [5.41, 5.74) is 1.99. The minimum Gasteiger partial charge on any atom is -0.339 e. The van der Waals surface area contributed by atoms with Crippen molar-refractivity contribution < 1.29 is 9.59 Å². The topological polar surface area (TPSA) is 43.9 Å². The van der Waals surface area contributed by atoms with Crippen molar-refractivity contribution in [1.29, 1.82) is 0 Å². The number of hydrogen-bond donors (Lipinski definition) is 0. The Morgan fingerprint density at radius 2 is 1.71 bits per heavy atom. The summed E-state index contributed by atoms with van der Waals surface area (Å²) in [6, 6.07) is 12.8. The van der Waals surface area contributed by atoms with Gasteiger partial charge in [-0.25, -0.2) is 0 Å². The number of alkyl halides is 1. The highest BCUT2D eigenvalue weighted by molar-refractivity contribution is 7.10. The molecule has 2 aliphatic rings. The molecule has 1 aromatic carbocycles. The van der Waals surface area contributed by atoms with Gasteiger partial charge in [-0.05, 0) is 42.8 Å². The maximum atomic E-state index is 13.2. The van der Waals surface area contributed by atoms with E-state index >= 15 is 0 Å². The van der Waals surface area contributed by atoms with Gasteiger partial charge in [0, 0.05) is 43.5 Å². The molecule has 1 aromatic heterocycles. The zero-order chi connectivity index (χ0) is 22.0. The Morgan fingerprint density at radius 1 is 1.03 bits per heavy atom. The Hall–Kier alpha value is -1.89. The van der Waals surface area contributed by atoms with Crippen LogP contribution in [-0.2, 0) is 16.0 Å². The lowest BCUT2D eigenvalue weighted by molar-refractivity contribution is -0.145. The van der Waals surface area contributed by atoms with Crippen LogP contribution >= 0.6 is 22.9 Å². The van der Waals surface area contributed by atoms with Crippen LogP contribution in [0.3, 0.4) is 0 Å². The van der Waals surface area contributed by atoms with Crippen molar-refractivity contribution in [2.75, 3.05) is 45.1 Å². The number of nitrogens with zero attached hydrogens (tertiary/aromatic N) is 3. The van der Waals surface area contributed by atoms with E-state index in [1.807, 2.05) is 41.1 Å². The molecule has 0 N–H and O–H groups in total. The number of thiophene rings is 1. The van der Waals surface area contributed by atoms with Crippen LogP contribution in [0, 0.1) is 5.41 Å². The summed E-state index contributed by atoms with van der Waals surface area (Å²) in [4.78, 5) is 33.3. The van der Waals surface area contributed by atoms with Crippen LogP contribution in [0.15, 0.2) is 41.8 Å². The second kappa shape index (κ2) is 9.31. The zero-order valence-electron chi connectivity index (χ0n) is 18.2. The summed E-state index contributed by atoms with van der Waals surface area (Å²) in [5, 5.41) is 2.16. The molecule has 1 atom stereocenters. The van der Waals surface area contributed by atoms with Gasteiger partial charge in [0.2, 0.25) is 11.8 Å². The summed E-state index contributed by atoms with van der Waals surface area (Å²) in [7, 11) is 0. The van der Waals surface area contributed by atoms with Gasteiger partial charge < -0.3 is 9.80 Å². The van der Waals surface area contributed by atoms with E-state index < -0.39 is 5.41 Å². The fraction of sp³-hybridized carbons (Fsp3) is 0.500. The van der Waals surface area contributed by atoms with E-state index in [2.05, 4.69) is 40.6 Å². The fourth-order valence-electron chi connectivity index (χ4n) is 4.48. The van der Waals surface area contributed by atoms with E-state index in [1.54, 1.807) is 0 Å². The highest BCUT2D eigenvalue weighted by Gasteiger charge is 2.35. The lowest BCUT2D eigenvalue weighted by atomic mass is 9.93. The third-order valence-corrected chi connectivity index (χ3v) is 8.02. The van der Waals surface area contributed by atoms with Crippen LogP contribution in [0.1, 0.15) is 35.9 Å². The number of amides is 2. The van der Waals surface area contributed by atoms with Crippen molar-refractivity contribution in [3.63, 3.8) is 0 Å². The average Bonchev–Trinajstić information content (AvgIpc) is 3.28. The summed E-state index contributed by atoms with van der Waals surface area (Å²) < 4.78 is 0. The Bertz CT molecular complexity index is 922. The summed E-state index contributed by atoms with van der Waals surface area (Å²) in [6.07, 6.45) is 0.986. The van der Waals surface area contributed by atoms with Crippen LogP contribution in [0.2, 0.25) is 0 Å². The monoisotopic (exact) mass is 459 g/mol. The van der Waals surface area contributed by atoms with Crippen molar-refractivity contribution in [2.45, 2.75) is 26.3 Å². The predicted molar refractivity (Wildman–Crippen MR) is 126 cm³/mol. The lowest BCUT2D eigenvalue weighted by Gasteiger charge is -2.40. The van der Waals surface area contributed by atoms with Gasteiger partial charge >= 0.3 is 0 Å². The highest BCUT2D eigenvalue weighted by atomic mass is 35.5. The van der Waals surface area contributed by atoms with Crippen LogP contribution in [0.25, 0.3) is 0 Å². The fourth-order valence-corrected chi connectivity index (χ4v) is 5.50. The molecule has 4 rings (SSSR count). The minimum atomic E-state index is -0.567. The molecule has 5 nitrogen and oxygen atoms in total. The largest absolute Gasteiger partial charge is 0.339 e. The van der Waals surface area contributed by atoms with E-state index in [9.17, 15) is 9.59 Å². The van der Waals surface area contributed by atoms with Gasteiger partial charge in [0.05, 0.1) is 18.0 Å². The number of fused-ring (bicyclic) bond motifs is 1. The van der Waals surface area contributed by atoms with Gasteiger partial charge in [-0.1, -0.05) is 30.3 Å². The Kier molecular flexibility index (Phi) is 6.70. The SMILES string of the molecule is CC(C)(CCl)C(=O)N1CCN(C(=O)CN2CCc3sccc3C2c2ccccc2)CC1. The van der Waals surface area contributed by atoms with Crippen molar-refractivity contribution >= 4 is 34.8 Å². The Labute approximate surface area is 193 Å². The van der Waals surface area contributed by atoms with E-state index in [0.29, 0.717) is 38.6 Å². The first kappa shape index (κ1) is 22.3. The Morgan fingerprint density at radius 3 is 2.39 bits per heavy atom. The summed E-state index contributed by atoms with van der Waals surface area (Å²) in [5.74, 6) is 0.508. The molecular weight excluding hydrogens is 430 g/mol. The zero-order valence-corrected chi connectivity index (χ0v) is 19.8. The minimum absolute atomic E-state index is 0.0692. The van der Waals surface area contributed by atoms with Gasteiger partial charge in [-0.15, -0.1) is 22.9 Å². The maximum Gasteiger partial charge on any atom is 0.236 e. The second-order valence-electron chi connectivity index (χ2n) is 9.02. The van der Waals surface area contributed by atoms with Crippen molar-refractivity contribution in [1.82, 2.24) is 14.7 Å². The molecule has 0 aliphatic carbocycles. The van der Waals surface area contributed by atoms with Crippen molar-refractivity contribution in [3.05, 3.63) is 57.8 Å². The first-order chi connectivity index (χ1) is 14.9. The van der Waals surface area contributed by atoms with Crippen molar-refractivity contribution in [3.8, 4) is 0 Å². The van der Waals surface area contributed by atoms with Crippen LogP contribution < -0.4 is 0 Å². The molecule has 2 amide bonds. The lowest BCUT2D eigenvalue weighted by Crippen LogP contribution is -2.55. The van der Waals surface area contributed by atoms with Crippen LogP contribution in [-0.4, -0.2) is 71.7 Å². The van der Waals surface area contributed by atoms with Gasteiger partial charge in [-0.3, -0.25) is 14.5 Å². The molecule has 1 saturated heterocycles. The van der Waals surface area contributed by atoms with Crippen LogP contribution in [0.5, 0.6) is 0 Å².